The van der Waals surface area contributed by atoms with Crippen LogP contribution in [0, 0.1) is 36.0 Å². The molecule has 1 aromatic heterocycles. The number of ether oxygens (including phenoxy) is 1. The van der Waals surface area contributed by atoms with Crippen molar-refractivity contribution in [1.82, 2.24) is 19.8 Å². The average molecular weight is 533 g/mol. The molecule has 4 rings (SSSR count). The Balaban J connectivity index is 1.46. The van der Waals surface area contributed by atoms with Crippen LogP contribution in [-0.2, 0) is 25.1 Å². The summed E-state index contributed by atoms with van der Waals surface area (Å²) in [5, 5.41) is 11.3. The number of nitrogens with zero attached hydrogens (tertiary/aromatic N) is 5. The van der Waals surface area contributed by atoms with Gasteiger partial charge in [-0.1, -0.05) is 23.4 Å². The number of benzene rings is 3. The van der Waals surface area contributed by atoms with Gasteiger partial charge in [0.05, 0.1) is 17.0 Å². The minimum atomic E-state index is -2.24. The minimum Gasteiger partial charge on any atom is -0.489 e. The fourth-order valence-corrected chi connectivity index (χ4v) is 3.52. The molecule has 0 saturated heterocycles. The molecule has 198 valence electrons. The van der Waals surface area contributed by atoms with Crippen molar-refractivity contribution in [2.75, 3.05) is 0 Å². The average Bonchev–Trinajstić information content (AvgIpc) is 3.25. The van der Waals surface area contributed by atoms with Crippen molar-refractivity contribution in [2.24, 2.45) is 12.2 Å². The van der Waals surface area contributed by atoms with Gasteiger partial charge >= 0.3 is 5.69 Å². The van der Waals surface area contributed by atoms with Gasteiger partial charge < -0.3 is 9.57 Å². The molecule has 4 aromatic rings. The van der Waals surface area contributed by atoms with Crippen LogP contribution in [0.1, 0.15) is 29.2 Å². The van der Waals surface area contributed by atoms with Crippen LogP contribution >= 0.6 is 0 Å². The van der Waals surface area contributed by atoms with Crippen LogP contribution in [0.4, 0.5) is 22.0 Å². The zero-order chi connectivity index (χ0) is 27.6. The highest BCUT2D eigenvalue weighted by Gasteiger charge is 2.26. The zero-order valence-electron chi connectivity index (χ0n) is 20.3. The molecule has 0 aliphatic carbocycles. The lowest BCUT2D eigenvalue weighted by Gasteiger charge is -2.13. The molecular formula is C25H20F5N5O3. The summed E-state index contributed by atoms with van der Waals surface area (Å²) >= 11 is 0. The smallest absolute Gasteiger partial charge is 0.368 e. The van der Waals surface area contributed by atoms with Gasteiger partial charge in [-0.15, -0.1) is 0 Å². The van der Waals surface area contributed by atoms with E-state index >= 15 is 0 Å². The lowest BCUT2D eigenvalue weighted by molar-refractivity contribution is 0.123. The second kappa shape index (κ2) is 10.8. The summed E-state index contributed by atoms with van der Waals surface area (Å²) in [5.41, 5.74) is 1.25. The lowest BCUT2D eigenvalue weighted by Crippen LogP contribution is -2.23. The van der Waals surface area contributed by atoms with E-state index in [1.165, 1.54) is 11.7 Å². The number of hydrogen-bond donors (Lipinski definition) is 0. The predicted octanol–water partition coefficient (Wildman–Crippen LogP) is 4.49. The van der Waals surface area contributed by atoms with Crippen LogP contribution in [0.2, 0.25) is 0 Å². The molecule has 13 heteroatoms. The Hall–Kier alpha value is -4.55. The van der Waals surface area contributed by atoms with Gasteiger partial charge in [-0.25, -0.2) is 26.7 Å². The zero-order valence-corrected chi connectivity index (χ0v) is 20.3. The third kappa shape index (κ3) is 5.12. The van der Waals surface area contributed by atoms with E-state index in [2.05, 4.69) is 15.6 Å². The van der Waals surface area contributed by atoms with Crippen LogP contribution < -0.4 is 10.4 Å². The van der Waals surface area contributed by atoms with Crippen LogP contribution in [-0.4, -0.2) is 25.5 Å². The van der Waals surface area contributed by atoms with Crippen molar-refractivity contribution < 1.29 is 31.5 Å². The van der Waals surface area contributed by atoms with Crippen molar-refractivity contribution in [1.29, 1.82) is 0 Å². The molecule has 38 heavy (non-hydrogen) atoms. The van der Waals surface area contributed by atoms with E-state index in [1.807, 2.05) is 0 Å². The fraction of sp³-hybridized carbons (Fsp3) is 0.200. The maximum Gasteiger partial charge on any atom is 0.368 e. The van der Waals surface area contributed by atoms with Crippen molar-refractivity contribution in [3.05, 3.63) is 104 Å². The van der Waals surface area contributed by atoms with Crippen LogP contribution in [0.3, 0.4) is 0 Å². The monoisotopic (exact) mass is 533 g/mol. The highest BCUT2D eigenvalue weighted by molar-refractivity contribution is 5.98. The van der Waals surface area contributed by atoms with E-state index in [9.17, 15) is 26.7 Å². The van der Waals surface area contributed by atoms with E-state index in [0.29, 0.717) is 28.1 Å². The topological polar surface area (TPSA) is 83.5 Å². The molecule has 0 bridgehead atoms. The summed E-state index contributed by atoms with van der Waals surface area (Å²) in [6, 6.07) is 12.1. The molecular weight excluding hydrogens is 513 g/mol. The molecule has 0 N–H and O–H groups in total. The summed E-state index contributed by atoms with van der Waals surface area (Å²) in [6.07, 6.45) is 0. The third-order valence-electron chi connectivity index (χ3n) is 5.63. The molecule has 1 heterocycles. The number of aryl methyl sites for hydroxylation is 2. The molecule has 8 nitrogen and oxygen atoms in total. The van der Waals surface area contributed by atoms with Gasteiger partial charge in [0, 0.05) is 12.6 Å². The van der Waals surface area contributed by atoms with Gasteiger partial charge in [-0.05, 0) is 59.7 Å². The van der Waals surface area contributed by atoms with E-state index in [1.54, 1.807) is 56.3 Å². The number of halogens is 5. The number of tetrazole rings is 1. The Kier molecular flexibility index (Phi) is 7.55. The summed E-state index contributed by atoms with van der Waals surface area (Å²) in [7, 11) is 1.49. The van der Waals surface area contributed by atoms with Gasteiger partial charge in [0.2, 0.25) is 5.82 Å². The Morgan fingerprint density at radius 2 is 1.58 bits per heavy atom. The molecule has 0 amide bonds. The summed E-state index contributed by atoms with van der Waals surface area (Å²) in [6.45, 7) is 2.48. The van der Waals surface area contributed by atoms with Crippen LogP contribution in [0.5, 0.6) is 5.75 Å². The number of oxime groups is 1. The number of aromatic nitrogens is 4. The lowest BCUT2D eigenvalue weighted by atomic mass is 10.1. The molecule has 3 aromatic carbocycles. The maximum atomic E-state index is 13.8. The molecule has 0 unspecified atom stereocenters. The largest absolute Gasteiger partial charge is 0.489 e. The molecule has 0 radical (unpaired) electrons. The maximum absolute atomic E-state index is 13.8. The van der Waals surface area contributed by atoms with Gasteiger partial charge in [-0.3, -0.25) is 0 Å². The normalized spacial score (nSPS) is 11.6. The van der Waals surface area contributed by atoms with Gasteiger partial charge in [0.25, 0.3) is 0 Å². The van der Waals surface area contributed by atoms with E-state index in [-0.39, 0.29) is 12.3 Å². The summed E-state index contributed by atoms with van der Waals surface area (Å²) in [5.74, 6) is -9.77. The van der Waals surface area contributed by atoms with E-state index in [0.717, 1.165) is 4.68 Å². The highest BCUT2D eigenvalue weighted by atomic mass is 19.2. The Bertz CT molecular complexity index is 1570. The van der Waals surface area contributed by atoms with Crippen molar-refractivity contribution in [3.63, 3.8) is 0 Å². The Morgan fingerprint density at radius 3 is 2.21 bits per heavy atom. The predicted molar refractivity (Wildman–Crippen MR) is 125 cm³/mol. The molecule has 0 aliphatic heterocycles. The molecule has 0 saturated carbocycles. The number of hydrogen-bond acceptors (Lipinski definition) is 6. The molecule has 0 aliphatic rings. The second-order valence-electron chi connectivity index (χ2n) is 8.19. The molecule has 0 spiro atoms. The summed E-state index contributed by atoms with van der Waals surface area (Å²) < 4.78 is 75.7. The van der Waals surface area contributed by atoms with Crippen LogP contribution in [0.25, 0.3) is 5.69 Å². The number of rotatable bonds is 8. The molecule has 0 fully saturated rings. The summed E-state index contributed by atoms with van der Waals surface area (Å²) in [4.78, 5) is 17.1. The number of para-hydroxylation sites is 1. The van der Waals surface area contributed by atoms with Gasteiger partial charge in [0.1, 0.15) is 19.0 Å². The van der Waals surface area contributed by atoms with E-state index in [4.69, 9.17) is 9.57 Å². The Morgan fingerprint density at radius 1 is 0.921 bits per heavy atom. The first kappa shape index (κ1) is 26.5. The van der Waals surface area contributed by atoms with Crippen LogP contribution in [0.15, 0.2) is 52.4 Å². The fourth-order valence-electron chi connectivity index (χ4n) is 3.52. The first-order valence-corrected chi connectivity index (χ1v) is 11.1. The SMILES string of the molecule is CC(=NOCc1c(F)c(F)c(F)c(F)c1F)c1ccc(OCc2ccccc2-n2nnn(C)c2=O)c(C)c1. The first-order valence-electron chi connectivity index (χ1n) is 11.1. The van der Waals surface area contributed by atoms with Crippen molar-refractivity contribution in [2.45, 2.75) is 27.1 Å². The second-order valence-corrected chi connectivity index (χ2v) is 8.19. The first-order chi connectivity index (χ1) is 18.1. The standard InChI is InChI=1S/C25H20F5N5O3/c1-13-10-15(14(2)31-38-12-17-20(26)22(28)24(30)23(29)21(17)27)8-9-19(13)37-11-16-6-4-5-7-18(16)35-25(36)34(3)32-33-35/h4-10H,11-12H2,1-3H3. The van der Waals surface area contributed by atoms with E-state index < -0.39 is 46.9 Å². The highest BCUT2D eigenvalue weighted by Crippen LogP contribution is 2.25. The quantitative estimate of drug-likeness (QED) is 0.110. The minimum absolute atomic E-state index is 0.122. The van der Waals surface area contributed by atoms with Crippen molar-refractivity contribution >= 4 is 5.71 Å². The van der Waals surface area contributed by atoms with Gasteiger partial charge in [-0.2, -0.15) is 9.36 Å². The molecule has 0 atom stereocenters. The Labute approximate surface area is 212 Å². The van der Waals surface area contributed by atoms with Crippen molar-refractivity contribution in [3.8, 4) is 11.4 Å². The van der Waals surface area contributed by atoms with Gasteiger partial charge in [0.15, 0.2) is 23.3 Å². The third-order valence-corrected chi connectivity index (χ3v) is 5.63.